The Morgan fingerprint density at radius 1 is 1.33 bits per heavy atom. The van der Waals surface area contributed by atoms with Gasteiger partial charge in [0.05, 0.1) is 36.8 Å². The molecule has 0 saturated carbocycles. The highest BCUT2D eigenvalue weighted by atomic mass is 79.9. The molecule has 0 atom stereocenters. The van der Waals surface area contributed by atoms with E-state index in [-0.39, 0.29) is 12.5 Å². The maximum Gasteiger partial charge on any atom is 0.341 e. The lowest BCUT2D eigenvalue weighted by molar-refractivity contribution is 0.0597. The molecular weight excluding hydrogens is 414 g/mol. The fourth-order valence-electron chi connectivity index (χ4n) is 3.36. The van der Waals surface area contributed by atoms with Crippen molar-refractivity contribution in [2.75, 3.05) is 7.11 Å². The summed E-state index contributed by atoms with van der Waals surface area (Å²) in [5, 5.41) is 7.37. The minimum atomic E-state index is -0.411. The zero-order chi connectivity index (χ0) is 19.0. The van der Waals surface area contributed by atoms with E-state index in [9.17, 15) is 9.59 Å². The van der Waals surface area contributed by atoms with Crippen molar-refractivity contribution in [3.05, 3.63) is 51.6 Å². The van der Waals surface area contributed by atoms with Crippen molar-refractivity contribution in [2.24, 2.45) is 0 Å². The molecule has 4 rings (SSSR count). The molecular formula is C18H18BrN5O3. The van der Waals surface area contributed by atoms with Gasteiger partial charge in [0.25, 0.3) is 5.91 Å². The van der Waals surface area contributed by atoms with Crippen LogP contribution >= 0.6 is 15.9 Å². The summed E-state index contributed by atoms with van der Waals surface area (Å²) >= 11 is 3.40. The number of nitrogens with one attached hydrogen (secondary N) is 1. The third-order valence-electron chi connectivity index (χ3n) is 4.69. The van der Waals surface area contributed by atoms with E-state index < -0.39 is 5.97 Å². The molecule has 0 spiro atoms. The third kappa shape index (κ3) is 3.23. The number of carbonyl (C=O) groups is 2. The van der Waals surface area contributed by atoms with Crippen LogP contribution < -0.4 is 5.32 Å². The summed E-state index contributed by atoms with van der Waals surface area (Å²) < 4.78 is 9.33. The Bertz CT molecular complexity index is 1040. The number of ether oxygens (including phenoxy) is 1. The summed E-state index contributed by atoms with van der Waals surface area (Å²) in [5.41, 5.74) is 3.14. The minimum Gasteiger partial charge on any atom is -0.465 e. The van der Waals surface area contributed by atoms with Gasteiger partial charge in [-0.1, -0.05) is 0 Å². The first-order chi connectivity index (χ1) is 13.1. The standard InChI is InChI=1S/C18H18BrN5O3/c1-27-18(26)16-12(22-24-7-3-2-4-13(16)24)8-21-17(25)11-5-6-15-20-9-14(19)23(15)10-11/h5-6,9-10H,2-4,7-8H2,1H3,(H,21,25). The van der Waals surface area contributed by atoms with Gasteiger partial charge in [-0.3, -0.25) is 13.9 Å². The number of fused-ring (bicyclic) bond motifs is 2. The van der Waals surface area contributed by atoms with Crippen LogP contribution in [0, 0.1) is 0 Å². The molecule has 0 aromatic carbocycles. The molecule has 8 nitrogen and oxygen atoms in total. The van der Waals surface area contributed by atoms with Crippen molar-refractivity contribution in [1.82, 2.24) is 24.5 Å². The second-order valence-electron chi connectivity index (χ2n) is 6.35. The van der Waals surface area contributed by atoms with E-state index in [1.165, 1.54) is 7.11 Å². The van der Waals surface area contributed by atoms with Crippen molar-refractivity contribution in [1.29, 1.82) is 0 Å². The monoisotopic (exact) mass is 431 g/mol. The quantitative estimate of drug-likeness (QED) is 0.640. The van der Waals surface area contributed by atoms with E-state index in [2.05, 4.69) is 31.3 Å². The Hall–Kier alpha value is -2.68. The van der Waals surface area contributed by atoms with Crippen LogP contribution in [0.1, 0.15) is 44.9 Å². The highest BCUT2D eigenvalue weighted by Crippen LogP contribution is 2.23. The van der Waals surface area contributed by atoms with Crippen molar-refractivity contribution < 1.29 is 14.3 Å². The molecule has 1 N–H and O–H groups in total. The minimum absolute atomic E-state index is 0.159. The molecule has 3 aromatic heterocycles. The fraction of sp³-hybridized carbons (Fsp3) is 0.333. The number of hydrogen-bond donors (Lipinski definition) is 1. The first-order valence-electron chi connectivity index (χ1n) is 8.66. The number of aryl methyl sites for hydroxylation is 1. The third-order valence-corrected chi connectivity index (χ3v) is 5.28. The van der Waals surface area contributed by atoms with Crippen LogP contribution in [0.2, 0.25) is 0 Å². The van der Waals surface area contributed by atoms with Crippen molar-refractivity contribution in [3.63, 3.8) is 0 Å². The van der Waals surface area contributed by atoms with Gasteiger partial charge in [-0.15, -0.1) is 0 Å². The number of aromatic nitrogens is 4. The van der Waals surface area contributed by atoms with Gasteiger partial charge in [0.2, 0.25) is 0 Å². The second kappa shape index (κ2) is 7.15. The molecule has 1 aliphatic heterocycles. The first kappa shape index (κ1) is 17.7. The van der Waals surface area contributed by atoms with E-state index in [0.29, 0.717) is 16.8 Å². The topological polar surface area (TPSA) is 90.5 Å². The van der Waals surface area contributed by atoms with Gasteiger partial charge in [-0.05, 0) is 47.3 Å². The Labute approximate surface area is 163 Å². The fourth-order valence-corrected chi connectivity index (χ4v) is 3.74. The smallest absolute Gasteiger partial charge is 0.341 e. The molecule has 0 radical (unpaired) electrons. The summed E-state index contributed by atoms with van der Waals surface area (Å²) in [6.07, 6.45) is 6.22. The SMILES string of the molecule is COC(=O)c1c(CNC(=O)c2ccc3ncc(Br)n3c2)nn2c1CCCC2. The molecule has 140 valence electrons. The normalized spacial score (nSPS) is 13.4. The number of amides is 1. The van der Waals surface area contributed by atoms with Crippen LogP contribution in [0.15, 0.2) is 29.1 Å². The van der Waals surface area contributed by atoms with Crippen LogP contribution in [0.5, 0.6) is 0 Å². The number of halogens is 1. The van der Waals surface area contributed by atoms with E-state index in [1.54, 1.807) is 28.9 Å². The number of pyridine rings is 1. The molecule has 0 aliphatic carbocycles. The van der Waals surface area contributed by atoms with Gasteiger partial charge in [0, 0.05) is 12.7 Å². The van der Waals surface area contributed by atoms with Gasteiger partial charge < -0.3 is 10.1 Å². The highest BCUT2D eigenvalue weighted by molar-refractivity contribution is 9.10. The van der Waals surface area contributed by atoms with Crippen LogP contribution in [-0.2, 0) is 24.2 Å². The Balaban J connectivity index is 1.57. The van der Waals surface area contributed by atoms with Gasteiger partial charge in [0.15, 0.2) is 0 Å². The molecule has 0 bridgehead atoms. The van der Waals surface area contributed by atoms with Crippen LogP contribution in [0.25, 0.3) is 5.65 Å². The first-order valence-corrected chi connectivity index (χ1v) is 9.45. The second-order valence-corrected chi connectivity index (χ2v) is 7.16. The van der Waals surface area contributed by atoms with Crippen molar-refractivity contribution in [2.45, 2.75) is 32.4 Å². The molecule has 1 aliphatic rings. The van der Waals surface area contributed by atoms with E-state index >= 15 is 0 Å². The van der Waals surface area contributed by atoms with Crippen LogP contribution in [0.3, 0.4) is 0 Å². The van der Waals surface area contributed by atoms with Gasteiger partial charge in [-0.25, -0.2) is 9.78 Å². The maximum absolute atomic E-state index is 12.6. The molecule has 0 unspecified atom stereocenters. The summed E-state index contributed by atoms with van der Waals surface area (Å²) in [4.78, 5) is 29.0. The lowest BCUT2D eigenvalue weighted by Crippen LogP contribution is -2.24. The molecule has 3 aromatic rings. The Morgan fingerprint density at radius 3 is 3.00 bits per heavy atom. The average molecular weight is 432 g/mol. The lowest BCUT2D eigenvalue weighted by atomic mass is 10.0. The van der Waals surface area contributed by atoms with E-state index in [0.717, 1.165) is 41.8 Å². The number of carbonyl (C=O) groups excluding carboxylic acids is 2. The van der Waals surface area contributed by atoms with E-state index in [4.69, 9.17) is 4.74 Å². The number of esters is 1. The molecule has 27 heavy (non-hydrogen) atoms. The summed E-state index contributed by atoms with van der Waals surface area (Å²) in [7, 11) is 1.36. The average Bonchev–Trinajstić information content (AvgIpc) is 3.25. The highest BCUT2D eigenvalue weighted by Gasteiger charge is 2.26. The number of methoxy groups -OCH3 is 1. The lowest BCUT2D eigenvalue weighted by Gasteiger charge is -2.13. The number of nitrogens with zero attached hydrogens (tertiary/aromatic N) is 4. The molecule has 0 saturated heterocycles. The summed E-state index contributed by atoms with van der Waals surface area (Å²) in [6.45, 7) is 0.936. The zero-order valence-electron chi connectivity index (χ0n) is 14.7. The largest absolute Gasteiger partial charge is 0.465 e. The molecule has 4 heterocycles. The Morgan fingerprint density at radius 2 is 2.19 bits per heavy atom. The predicted octanol–water partition coefficient (Wildman–Crippen LogP) is 2.35. The van der Waals surface area contributed by atoms with Gasteiger partial charge >= 0.3 is 5.97 Å². The molecule has 0 fully saturated rings. The maximum atomic E-state index is 12.6. The van der Waals surface area contributed by atoms with Crippen molar-refractivity contribution >= 4 is 33.5 Å². The van der Waals surface area contributed by atoms with Crippen LogP contribution in [0.4, 0.5) is 0 Å². The molecule has 1 amide bonds. The van der Waals surface area contributed by atoms with Gasteiger partial charge in [0.1, 0.15) is 15.8 Å². The van der Waals surface area contributed by atoms with Gasteiger partial charge in [-0.2, -0.15) is 5.10 Å². The molecule has 9 heteroatoms. The summed E-state index contributed by atoms with van der Waals surface area (Å²) in [5.74, 6) is -0.662. The zero-order valence-corrected chi connectivity index (χ0v) is 16.3. The number of rotatable bonds is 4. The van der Waals surface area contributed by atoms with E-state index in [1.807, 2.05) is 4.68 Å². The number of imidazole rings is 1. The Kier molecular flexibility index (Phi) is 4.69. The predicted molar refractivity (Wildman–Crippen MR) is 101 cm³/mol. The number of hydrogen-bond acceptors (Lipinski definition) is 5. The summed E-state index contributed by atoms with van der Waals surface area (Å²) in [6, 6.07) is 3.48. The van der Waals surface area contributed by atoms with Crippen molar-refractivity contribution in [3.8, 4) is 0 Å². The van der Waals surface area contributed by atoms with Crippen LogP contribution in [-0.4, -0.2) is 38.2 Å².